The van der Waals surface area contributed by atoms with Crippen LogP contribution in [0.4, 0.5) is 4.79 Å². The first kappa shape index (κ1) is 11.3. The van der Waals surface area contributed by atoms with E-state index in [1.807, 2.05) is 24.4 Å². The van der Waals surface area contributed by atoms with Crippen molar-refractivity contribution in [3.63, 3.8) is 0 Å². The third kappa shape index (κ3) is 2.66. The van der Waals surface area contributed by atoms with Gasteiger partial charge in [-0.3, -0.25) is 0 Å². The second-order valence-corrected chi connectivity index (χ2v) is 3.71. The molecule has 0 unspecified atom stereocenters. The van der Waals surface area contributed by atoms with Crippen molar-refractivity contribution < 1.29 is 4.79 Å². The van der Waals surface area contributed by atoms with E-state index in [0.29, 0.717) is 6.54 Å². The molecule has 0 aliphatic carbocycles. The van der Waals surface area contributed by atoms with Gasteiger partial charge >= 0.3 is 6.03 Å². The van der Waals surface area contributed by atoms with Crippen LogP contribution in [0, 0.1) is 0 Å². The van der Waals surface area contributed by atoms with Gasteiger partial charge in [0.05, 0.1) is 0 Å². The Morgan fingerprint density at radius 3 is 3.06 bits per heavy atom. The summed E-state index contributed by atoms with van der Waals surface area (Å²) in [5.41, 5.74) is 2.33. The van der Waals surface area contributed by atoms with Crippen molar-refractivity contribution in [2.45, 2.75) is 6.42 Å². The number of para-hydroxylation sites is 1. The highest BCUT2D eigenvalue weighted by molar-refractivity contribution is 5.83. The summed E-state index contributed by atoms with van der Waals surface area (Å²) in [6.07, 6.45) is 4.15. The summed E-state index contributed by atoms with van der Waals surface area (Å²) < 4.78 is 0. The second-order valence-electron chi connectivity index (χ2n) is 3.71. The maximum Gasteiger partial charge on any atom is 0.318 e. The van der Waals surface area contributed by atoms with Crippen LogP contribution < -0.4 is 10.6 Å². The highest BCUT2D eigenvalue weighted by Crippen LogP contribution is 2.17. The summed E-state index contributed by atoms with van der Waals surface area (Å²) in [6, 6.07) is 7.90. The molecule has 0 saturated heterocycles. The minimum atomic E-state index is -0.222. The first-order valence-electron chi connectivity index (χ1n) is 5.51. The number of fused-ring (bicyclic) bond motifs is 1. The minimum absolute atomic E-state index is 0.222. The van der Waals surface area contributed by atoms with Crippen molar-refractivity contribution in [3.05, 3.63) is 48.8 Å². The number of rotatable bonds is 4. The molecule has 0 aliphatic heterocycles. The molecule has 2 rings (SSSR count). The van der Waals surface area contributed by atoms with Crippen LogP contribution in [0.2, 0.25) is 0 Å². The monoisotopic (exact) mass is 229 g/mol. The molecular formula is C13H15N3O. The number of nitrogens with one attached hydrogen (secondary N) is 3. The van der Waals surface area contributed by atoms with Crippen LogP contribution >= 0.6 is 0 Å². The number of carbonyl (C=O) groups is 1. The Morgan fingerprint density at radius 1 is 1.41 bits per heavy atom. The second kappa shape index (κ2) is 5.21. The molecule has 0 aliphatic rings. The van der Waals surface area contributed by atoms with Crippen LogP contribution in [0.5, 0.6) is 0 Å². The number of hydrogen-bond acceptors (Lipinski definition) is 1. The average Bonchev–Trinajstić information content (AvgIpc) is 2.73. The molecule has 0 bridgehead atoms. The third-order valence-corrected chi connectivity index (χ3v) is 2.59. The van der Waals surface area contributed by atoms with Crippen molar-refractivity contribution in [3.8, 4) is 0 Å². The van der Waals surface area contributed by atoms with Crippen LogP contribution in [0.15, 0.2) is 43.2 Å². The molecule has 0 spiro atoms. The van der Waals surface area contributed by atoms with Gasteiger partial charge in [0.25, 0.3) is 0 Å². The number of aromatic nitrogens is 1. The van der Waals surface area contributed by atoms with E-state index in [1.165, 1.54) is 17.1 Å². The van der Waals surface area contributed by atoms with Gasteiger partial charge in [-0.1, -0.05) is 24.8 Å². The smallest absolute Gasteiger partial charge is 0.318 e. The van der Waals surface area contributed by atoms with E-state index in [4.69, 9.17) is 0 Å². The molecule has 0 atom stereocenters. The van der Waals surface area contributed by atoms with Gasteiger partial charge in [-0.2, -0.15) is 0 Å². The lowest BCUT2D eigenvalue weighted by atomic mass is 10.1. The zero-order chi connectivity index (χ0) is 12.1. The number of H-pyrrole nitrogens is 1. The van der Waals surface area contributed by atoms with Crippen molar-refractivity contribution >= 4 is 16.9 Å². The Labute approximate surface area is 99.7 Å². The van der Waals surface area contributed by atoms with Gasteiger partial charge in [0, 0.05) is 23.6 Å². The van der Waals surface area contributed by atoms with Gasteiger partial charge in [-0.05, 0) is 24.3 Å². The summed E-state index contributed by atoms with van der Waals surface area (Å²) in [5, 5.41) is 6.43. The van der Waals surface area contributed by atoms with Gasteiger partial charge < -0.3 is 15.6 Å². The molecule has 0 fully saturated rings. The normalized spacial score (nSPS) is 10.1. The van der Waals surface area contributed by atoms with Crippen LogP contribution in [0.1, 0.15) is 5.56 Å². The highest BCUT2D eigenvalue weighted by atomic mass is 16.2. The Balaban J connectivity index is 1.95. The molecule has 1 heterocycles. The molecule has 1 aromatic heterocycles. The van der Waals surface area contributed by atoms with Crippen molar-refractivity contribution in [1.82, 2.24) is 15.6 Å². The molecule has 3 N–H and O–H groups in total. The third-order valence-electron chi connectivity index (χ3n) is 2.59. The standard InChI is InChI=1S/C13H15N3O/c1-2-14-13(17)15-8-7-10-9-16-12-6-4-3-5-11(10)12/h2-6,9,16H,1,7-8H2,(H2,14,15,17). The Kier molecular flexibility index (Phi) is 3.45. The van der Waals surface area contributed by atoms with Gasteiger partial charge in [0.15, 0.2) is 0 Å². The Hall–Kier alpha value is -2.23. The lowest BCUT2D eigenvalue weighted by Gasteiger charge is -2.03. The van der Waals surface area contributed by atoms with E-state index < -0.39 is 0 Å². The van der Waals surface area contributed by atoms with Crippen molar-refractivity contribution in [2.24, 2.45) is 0 Å². The number of aromatic amines is 1. The van der Waals surface area contributed by atoms with Gasteiger partial charge in [0.2, 0.25) is 0 Å². The summed E-state index contributed by atoms with van der Waals surface area (Å²) in [5.74, 6) is 0. The molecule has 4 heteroatoms. The van der Waals surface area contributed by atoms with E-state index >= 15 is 0 Å². The zero-order valence-corrected chi connectivity index (χ0v) is 9.49. The molecular weight excluding hydrogens is 214 g/mol. The number of hydrogen-bond donors (Lipinski definition) is 3. The van der Waals surface area contributed by atoms with Crippen molar-refractivity contribution in [2.75, 3.05) is 6.54 Å². The first-order valence-corrected chi connectivity index (χ1v) is 5.51. The summed E-state index contributed by atoms with van der Waals surface area (Å²) in [6.45, 7) is 4.02. The maximum atomic E-state index is 11.1. The Bertz CT molecular complexity index is 530. The molecule has 0 radical (unpaired) electrons. The maximum absolute atomic E-state index is 11.1. The summed E-state index contributed by atoms with van der Waals surface area (Å²) in [4.78, 5) is 14.3. The largest absolute Gasteiger partial charge is 0.361 e. The zero-order valence-electron chi connectivity index (χ0n) is 9.49. The quantitative estimate of drug-likeness (QED) is 0.739. The minimum Gasteiger partial charge on any atom is -0.361 e. The molecule has 0 saturated carbocycles. The summed E-state index contributed by atoms with van der Waals surface area (Å²) >= 11 is 0. The molecule has 2 amide bonds. The SMILES string of the molecule is C=CNC(=O)NCCc1c[nH]c2ccccc12. The molecule has 17 heavy (non-hydrogen) atoms. The van der Waals surface area contributed by atoms with E-state index in [-0.39, 0.29) is 6.03 Å². The number of benzene rings is 1. The van der Waals surface area contributed by atoms with Crippen molar-refractivity contribution in [1.29, 1.82) is 0 Å². The molecule has 88 valence electrons. The summed E-state index contributed by atoms with van der Waals surface area (Å²) in [7, 11) is 0. The predicted octanol–water partition coefficient (Wildman–Crippen LogP) is 2.15. The fraction of sp³-hybridized carbons (Fsp3) is 0.154. The van der Waals surface area contributed by atoms with Crippen LogP contribution in [0.25, 0.3) is 10.9 Å². The van der Waals surface area contributed by atoms with E-state index in [9.17, 15) is 4.79 Å². The average molecular weight is 229 g/mol. The first-order chi connectivity index (χ1) is 8.31. The van der Waals surface area contributed by atoms with Crippen LogP contribution in [0.3, 0.4) is 0 Å². The van der Waals surface area contributed by atoms with E-state index in [2.05, 4.69) is 28.3 Å². The molecule has 1 aromatic carbocycles. The lowest BCUT2D eigenvalue weighted by molar-refractivity contribution is 0.244. The van der Waals surface area contributed by atoms with Crippen LogP contribution in [-0.2, 0) is 6.42 Å². The number of carbonyl (C=O) groups excluding carboxylic acids is 1. The van der Waals surface area contributed by atoms with E-state index in [1.54, 1.807) is 0 Å². The fourth-order valence-corrected chi connectivity index (χ4v) is 1.79. The highest BCUT2D eigenvalue weighted by Gasteiger charge is 2.03. The van der Waals surface area contributed by atoms with Gasteiger partial charge in [-0.15, -0.1) is 0 Å². The number of urea groups is 1. The predicted molar refractivity (Wildman–Crippen MR) is 68.7 cm³/mol. The van der Waals surface area contributed by atoms with E-state index in [0.717, 1.165) is 11.9 Å². The molecule has 4 nitrogen and oxygen atoms in total. The number of amides is 2. The fourth-order valence-electron chi connectivity index (χ4n) is 1.79. The Morgan fingerprint density at radius 2 is 2.24 bits per heavy atom. The van der Waals surface area contributed by atoms with Gasteiger partial charge in [-0.25, -0.2) is 4.79 Å². The van der Waals surface area contributed by atoms with Crippen LogP contribution in [-0.4, -0.2) is 17.6 Å². The lowest BCUT2D eigenvalue weighted by Crippen LogP contribution is -2.33. The topological polar surface area (TPSA) is 56.9 Å². The molecule has 2 aromatic rings. The van der Waals surface area contributed by atoms with Gasteiger partial charge in [0.1, 0.15) is 0 Å².